The topological polar surface area (TPSA) is 45.2 Å². The summed E-state index contributed by atoms with van der Waals surface area (Å²) in [4.78, 5) is 3.34. The van der Waals surface area contributed by atoms with Gasteiger partial charge in [0, 0.05) is 17.3 Å². The van der Waals surface area contributed by atoms with E-state index in [1.54, 1.807) is 0 Å². The summed E-state index contributed by atoms with van der Waals surface area (Å²) in [5.74, 6) is 0.537. The molecule has 1 fully saturated rings. The van der Waals surface area contributed by atoms with Crippen LogP contribution in [0.5, 0.6) is 0 Å². The smallest absolute Gasteiger partial charge is 0.0996 e. The normalized spacial score (nSPS) is 33.9. The van der Waals surface area contributed by atoms with E-state index in [4.69, 9.17) is 4.74 Å². The molecular weight excluding hydrogens is 226 g/mol. The Labute approximate surface area is 110 Å². The molecule has 5 atom stereocenters. The Morgan fingerprint density at radius 1 is 1.06 bits per heavy atom. The first-order chi connectivity index (χ1) is 8.34. The van der Waals surface area contributed by atoms with E-state index in [2.05, 4.69) is 46.5 Å². The number of H-pyrrole nitrogens is 1. The zero-order chi connectivity index (χ0) is 13.6. The van der Waals surface area contributed by atoms with Crippen molar-refractivity contribution in [3.8, 4) is 0 Å². The van der Waals surface area contributed by atoms with Crippen LogP contribution in [0.4, 0.5) is 0 Å². The van der Waals surface area contributed by atoms with Crippen molar-refractivity contribution in [1.82, 2.24) is 4.98 Å². The maximum Gasteiger partial charge on any atom is 0.0996 e. The van der Waals surface area contributed by atoms with Gasteiger partial charge in [-0.3, -0.25) is 0 Å². The predicted molar refractivity (Wildman–Crippen MR) is 72.6 cm³/mol. The van der Waals surface area contributed by atoms with Gasteiger partial charge in [0.05, 0.1) is 18.3 Å². The quantitative estimate of drug-likeness (QED) is 0.848. The Morgan fingerprint density at radius 2 is 1.67 bits per heavy atom. The summed E-state index contributed by atoms with van der Waals surface area (Å²) < 4.78 is 5.83. The summed E-state index contributed by atoms with van der Waals surface area (Å²) in [5, 5.41) is 10.7. The van der Waals surface area contributed by atoms with Gasteiger partial charge in [0.1, 0.15) is 0 Å². The van der Waals surface area contributed by atoms with E-state index in [0.717, 1.165) is 11.4 Å². The molecule has 0 bridgehead atoms. The SMILES string of the molecule is Cc1[nH]c(C(O)C2C(C)OC(C)C2C)c(C)c1C. The Morgan fingerprint density at radius 3 is 2.06 bits per heavy atom. The molecule has 0 aromatic carbocycles. The molecule has 0 spiro atoms. The van der Waals surface area contributed by atoms with Crippen molar-refractivity contribution in [3.63, 3.8) is 0 Å². The molecular formula is C15H25NO2. The zero-order valence-electron chi connectivity index (χ0n) is 12.2. The molecule has 0 amide bonds. The van der Waals surface area contributed by atoms with Gasteiger partial charge in [-0.05, 0) is 51.7 Å². The largest absolute Gasteiger partial charge is 0.386 e. The Bertz CT molecular complexity index is 438. The summed E-state index contributed by atoms with van der Waals surface area (Å²) in [5.41, 5.74) is 4.54. The first-order valence-corrected chi connectivity index (χ1v) is 6.83. The molecule has 2 N–H and O–H groups in total. The van der Waals surface area contributed by atoms with Gasteiger partial charge in [0.2, 0.25) is 0 Å². The van der Waals surface area contributed by atoms with E-state index in [9.17, 15) is 5.11 Å². The van der Waals surface area contributed by atoms with Crippen molar-refractivity contribution in [2.24, 2.45) is 11.8 Å². The minimum absolute atomic E-state index is 0.105. The van der Waals surface area contributed by atoms with E-state index in [0.29, 0.717) is 5.92 Å². The number of aliphatic hydroxyl groups excluding tert-OH is 1. The number of aromatic nitrogens is 1. The summed E-state index contributed by atoms with van der Waals surface area (Å²) in [7, 11) is 0. The minimum Gasteiger partial charge on any atom is -0.386 e. The van der Waals surface area contributed by atoms with Gasteiger partial charge in [0.15, 0.2) is 0 Å². The van der Waals surface area contributed by atoms with Crippen molar-refractivity contribution < 1.29 is 9.84 Å². The van der Waals surface area contributed by atoms with E-state index in [1.165, 1.54) is 11.1 Å². The highest BCUT2D eigenvalue weighted by Crippen LogP contribution is 2.41. The molecule has 3 heteroatoms. The Balaban J connectivity index is 2.31. The first kappa shape index (κ1) is 13.6. The number of ether oxygens (including phenoxy) is 1. The molecule has 5 unspecified atom stereocenters. The van der Waals surface area contributed by atoms with Gasteiger partial charge in [-0.2, -0.15) is 0 Å². The lowest BCUT2D eigenvalue weighted by Crippen LogP contribution is -2.25. The molecule has 2 rings (SSSR count). The van der Waals surface area contributed by atoms with Crippen molar-refractivity contribution in [3.05, 3.63) is 22.5 Å². The van der Waals surface area contributed by atoms with E-state index < -0.39 is 6.10 Å². The molecule has 1 aliphatic heterocycles. The zero-order valence-corrected chi connectivity index (χ0v) is 12.2. The molecule has 102 valence electrons. The Hall–Kier alpha value is -0.800. The number of rotatable bonds is 2. The van der Waals surface area contributed by atoms with Crippen LogP contribution in [0, 0.1) is 32.6 Å². The first-order valence-electron chi connectivity index (χ1n) is 6.83. The molecule has 1 aliphatic rings. The second kappa shape index (κ2) is 4.71. The van der Waals surface area contributed by atoms with Crippen LogP contribution in [0.3, 0.4) is 0 Å². The summed E-state index contributed by atoms with van der Waals surface area (Å²) >= 11 is 0. The second-order valence-corrected chi connectivity index (χ2v) is 5.84. The van der Waals surface area contributed by atoms with Gasteiger partial charge in [-0.15, -0.1) is 0 Å². The third kappa shape index (κ3) is 1.99. The van der Waals surface area contributed by atoms with Crippen LogP contribution in [0.2, 0.25) is 0 Å². The van der Waals surface area contributed by atoms with Gasteiger partial charge < -0.3 is 14.8 Å². The molecule has 0 aliphatic carbocycles. The third-order valence-electron chi connectivity index (χ3n) is 4.83. The fourth-order valence-corrected chi connectivity index (χ4v) is 3.20. The number of hydrogen-bond acceptors (Lipinski definition) is 2. The van der Waals surface area contributed by atoms with Crippen LogP contribution in [0.15, 0.2) is 0 Å². The third-order valence-corrected chi connectivity index (χ3v) is 4.83. The molecule has 1 saturated heterocycles. The summed E-state index contributed by atoms with van der Waals surface area (Å²) in [6, 6.07) is 0. The van der Waals surface area contributed by atoms with Crippen molar-refractivity contribution >= 4 is 0 Å². The lowest BCUT2D eigenvalue weighted by Gasteiger charge is -2.24. The van der Waals surface area contributed by atoms with E-state index >= 15 is 0 Å². The summed E-state index contributed by atoms with van der Waals surface area (Å²) in [6.45, 7) is 12.5. The van der Waals surface area contributed by atoms with Crippen molar-refractivity contribution in [2.75, 3.05) is 0 Å². The molecule has 1 aromatic rings. The molecule has 0 radical (unpaired) electrons. The number of nitrogens with one attached hydrogen (secondary N) is 1. The van der Waals surface area contributed by atoms with Crippen molar-refractivity contribution in [2.45, 2.75) is 59.9 Å². The molecule has 2 heterocycles. The van der Waals surface area contributed by atoms with Gasteiger partial charge in [-0.1, -0.05) is 6.92 Å². The standard InChI is InChI=1S/C15H25NO2/c1-7-8(2)14(16-10(7)4)15(17)13-9(3)11(5)18-12(13)6/h9,11-13,15-17H,1-6H3. The maximum atomic E-state index is 10.7. The van der Waals surface area contributed by atoms with Crippen LogP contribution >= 0.6 is 0 Å². The van der Waals surface area contributed by atoms with Crippen LogP contribution in [-0.4, -0.2) is 22.3 Å². The van der Waals surface area contributed by atoms with Crippen LogP contribution in [0.25, 0.3) is 0 Å². The fraction of sp³-hybridized carbons (Fsp3) is 0.733. The predicted octanol–water partition coefficient (Wildman–Crippen LogP) is 3.03. The lowest BCUT2D eigenvalue weighted by atomic mass is 9.83. The summed E-state index contributed by atoms with van der Waals surface area (Å²) in [6.07, 6.45) is -0.141. The fourth-order valence-electron chi connectivity index (χ4n) is 3.20. The number of aromatic amines is 1. The van der Waals surface area contributed by atoms with Gasteiger partial charge >= 0.3 is 0 Å². The van der Waals surface area contributed by atoms with Crippen LogP contribution in [0.1, 0.15) is 49.4 Å². The Kier molecular flexibility index (Phi) is 3.56. The highest BCUT2D eigenvalue weighted by molar-refractivity contribution is 5.35. The maximum absolute atomic E-state index is 10.7. The molecule has 18 heavy (non-hydrogen) atoms. The molecule has 0 saturated carbocycles. The number of aliphatic hydroxyl groups is 1. The lowest BCUT2D eigenvalue weighted by molar-refractivity contribution is 0.0217. The van der Waals surface area contributed by atoms with E-state index in [-0.39, 0.29) is 18.1 Å². The highest BCUT2D eigenvalue weighted by atomic mass is 16.5. The number of aryl methyl sites for hydroxylation is 1. The van der Waals surface area contributed by atoms with Crippen LogP contribution < -0.4 is 0 Å². The average molecular weight is 251 g/mol. The van der Waals surface area contributed by atoms with Gasteiger partial charge in [-0.25, -0.2) is 0 Å². The highest BCUT2D eigenvalue weighted by Gasteiger charge is 2.42. The minimum atomic E-state index is -0.465. The monoisotopic (exact) mass is 251 g/mol. The van der Waals surface area contributed by atoms with Crippen molar-refractivity contribution in [1.29, 1.82) is 0 Å². The molecule has 3 nitrogen and oxygen atoms in total. The average Bonchev–Trinajstić information content (AvgIpc) is 2.70. The van der Waals surface area contributed by atoms with Gasteiger partial charge in [0.25, 0.3) is 0 Å². The van der Waals surface area contributed by atoms with Crippen LogP contribution in [-0.2, 0) is 4.74 Å². The molecule has 1 aromatic heterocycles. The second-order valence-electron chi connectivity index (χ2n) is 5.84. The number of hydrogen-bond donors (Lipinski definition) is 2. The van der Waals surface area contributed by atoms with E-state index in [1.807, 2.05) is 0 Å².